The quantitative estimate of drug-likeness (QED) is 0.774. The largest absolute Gasteiger partial charge is 0.476 e. The minimum Gasteiger partial charge on any atom is -0.476 e. The molecule has 0 saturated carbocycles. The molecule has 1 heterocycles. The summed E-state index contributed by atoms with van der Waals surface area (Å²) in [5.41, 5.74) is -0.794. The van der Waals surface area contributed by atoms with Crippen LogP contribution in [0, 0.1) is 5.82 Å². The SMILES string of the molecule is CS(=O)(=O)c1cnc(C(=O)O)c(F)c1. The Hall–Kier alpha value is -1.50. The zero-order chi connectivity index (χ0) is 10.9. The second-order valence-corrected chi connectivity index (χ2v) is 4.59. The molecule has 1 rings (SSSR count). The Morgan fingerprint density at radius 3 is 2.50 bits per heavy atom. The third-order valence-electron chi connectivity index (χ3n) is 1.45. The second kappa shape index (κ2) is 3.33. The molecule has 1 aromatic rings. The van der Waals surface area contributed by atoms with Crippen molar-refractivity contribution in [3.8, 4) is 0 Å². The summed E-state index contributed by atoms with van der Waals surface area (Å²) >= 11 is 0. The first-order valence-electron chi connectivity index (χ1n) is 3.41. The van der Waals surface area contributed by atoms with Crippen LogP contribution >= 0.6 is 0 Å². The molecule has 0 atom stereocenters. The lowest BCUT2D eigenvalue weighted by atomic mass is 10.3. The lowest BCUT2D eigenvalue weighted by molar-refractivity contribution is 0.0684. The maximum atomic E-state index is 12.9. The number of nitrogens with zero attached hydrogens (tertiary/aromatic N) is 1. The van der Waals surface area contributed by atoms with E-state index in [9.17, 15) is 17.6 Å². The number of carboxylic acids is 1. The van der Waals surface area contributed by atoms with Crippen molar-refractivity contribution in [3.05, 3.63) is 23.8 Å². The van der Waals surface area contributed by atoms with E-state index in [-0.39, 0.29) is 4.90 Å². The van der Waals surface area contributed by atoms with E-state index < -0.39 is 27.3 Å². The van der Waals surface area contributed by atoms with Gasteiger partial charge in [-0.1, -0.05) is 0 Å². The lowest BCUT2D eigenvalue weighted by Crippen LogP contribution is -2.07. The Kier molecular flexibility index (Phi) is 2.52. The number of halogens is 1. The van der Waals surface area contributed by atoms with E-state index in [1.807, 2.05) is 0 Å². The number of hydrogen-bond acceptors (Lipinski definition) is 4. The van der Waals surface area contributed by atoms with Crippen molar-refractivity contribution >= 4 is 15.8 Å². The molecular weight excluding hydrogens is 213 g/mol. The van der Waals surface area contributed by atoms with Crippen LogP contribution in [0.1, 0.15) is 10.5 Å². The number of carboxylic acid groups (broad SMARTS) is 1. The van der Waals surface area contributed by atoms with Crippen molar-refractivity contribution in [3.63, 3.8) is 0 Å². The van der Waals surface area contributed by atoms with Gasteiger partial charge >= 0.3 is 5.97 Å². The van der Waals surface area contributed by atoms with Crippen LogP contribution in [0.5, 0.6) is 0 Å². The topological polar surface area (TPSA) is 84.3 Å². The van der Waals surface area contributed by atoms with E-state index in [0.717, 1.165) is 12.5 Å². The van der Waals surface area contributed by atoms with Crippen molar-refractivity contribution in [2.24, 2.45) is 0 Å². The Bertz CT molecular complexity index is 482. The van der Waals surface area contributed by atoms with E-state index >= 15 is 0 Å². The van der Waals surface area contributed by atoms with E-state index in [1.165, 1.54) is 0 Å². The molecule has 76 valence electrons. The summed E-state index contributed by atoms with van der Waals surface area (Å²) < 4.78 is 34.7. The molecule has 0 aromatic carbocycles. The number of pyridine rings is 1. The fourth-order valence-electron chi connectivity index (χ4n) is 0.781. The van der Waals surface area contributed by atoms with E-state index in [4.69, 9.17) is 5.11 Å². The standard InChI is InChI=1S/C7H6FNO4S/c1-14(12,13)4-2-5(8)6(7(10)11)9-3-4/h2-3H,1H3,(H,10,11). The smallest absolute Gasteiger partial charge is 0.357 e. The van der Waals surface area contributed by atoms with Crippen LogP contribution in [-0.4, -0.2) is 30.7 Å². The van der Waals surface area contributed by atoms with Crippen LogP contribution in [-0.2, 0) is 9.84 Å². The highest BCUT2D eigenvalue weighted by atomic mass is 32.2. The third kappa shape index (κ3) is 2.05. The fraction of sp³-hybridized carbons (Fsp3) is 0.143. The highest BCUT2D eigenvalue weighted by Crippen LogP contribution is 2.11. The molecule has 14 heavy (non-hydrogen) atoms. The maximum Gasteiger partial charge on any atom is 0.357 e. The number of sulfone groups is 1. The molecule has 1 N–H and O–H groups in total. The third-order valence-corrected chi connectivity index (χ3v) is 2.53. The second-order valence-electron chi connectivity index (χ2n) is 2.58. The first kappa shape index (κ1) is 10.6. The maximum absolute atomic E-state index is 12.9. The molecule has 0 spiro atoms. The van der Waals surface area contributed by atoms with Gasteiger partial charge in [-0.25, -0.2) is 22.6 Å². The first-order valence-corrected chi connectivity index (χ1v) is 5.30. The van der Waals surface area contributed by atoms with Gasteiger partial charge in [-0.3, -0.25) is 0 Å². The van der Waals surface area contributed by atoms with Crippen molar-refractivity contribution in [2.45, 2.75) is 4.90 Å². The molecule has 0 unspecified atom stereocenters. The van der Waals surface area contributed by atoms with Gasteiger partial charge < -0.3 is 5.11 Å². The minimum atomic E-state index is -3.56. The molecule has 5 nitrogen and oxygen atoms in total. The summed E-state index contributed by atoms with van der Waals surface area (Å²) in [6, 6.07) is 0.631. The van der Waals surface area contributed by atoms with Gasteiger partial charge in [0.05, 0.1) is 4.90 Å². The van der Waals surface area contributed by atoms with Crippen molar-refractivity contribution in [1.29, 1.82) is 0 Å². The summed E-state index contributed by atoms with van der Waals surface area (Å²) in [5.74, 6) is -2.71. The van der Waals surface area contributed by atoms with Crippen LogP contribution in [0.2, 0.25) is 0 Å². The average Bonchev–Trinajstić information content (AvgIpc) is 2.01. The number of aromatic carboxylic acids is 1. The van der Waals surface area contributed by atoms with Crippen molar-refractivity contribution < 1.29 is 22.7 Å². The van der Waals surface area contributed by atoms with Crippen LogP contribution < -0.4 is 0 Å². The molecule has 0 fully saturated rings. The molecule has 0 aliphatic carbocycles. The van der Waals surface area contributed by atoms with Gasteiger partial charge in [0.25, 0.3) is 0 Å². The number of rotatable bonds is 2. The molecule has 0 aliphatic heterocycles. The van der Waals surface area contributed by atoms with Crippen LogP contribution in [0.15, 0.2) is 17.2 Å². The highest BCUT2D eigenvalue weighted by molar-refractivity contribution is 7.90. The van der Waals surface area contributed by atoms with E-state index in [0.29, 0.717) is 6.07 Å². The Balaban J connectivity index is 3.34. The molecule has 1 aromatic heterocycles. The molecule has 0 bridgehead atoms. The first-order chi connectivity index (χ1) is 6.32. The zero-order valence-corrected chi connectivity index (χ0v) is 7.88. The normalized spacial score (nSPS) is 11.3. The van der Waals surface area contributed by atoms with Gasteiger partial charge in [-0.05, 0) is 6.07 Å². The summed E-state index contributed by atoms with van der Waals surface area (Å²) in [6.45, 7) is 0. The fourth-order valence-corrected chi connectivity index (χ4v) is 1.34. The number of hydrogen-bond donors (Lipinski definition) is 1. The minimum absolute atomic E-state index is 0.347. The summed E-state index contributed by atoms with van der Waals surface area (Å²) in [5, 5.41) is 8.41. The molecule has 0 amide bonds. The molecule has 0 aliphatic rings. The number of carbonyl (C=O) groups is 1. The van der Waals surface area contributed by atoms with Gasteiger partial charge in [0.1, 0.15) is 0 Å². The van der Waals surface area contributed by atoms with Crippen molar-refractivity contribution in [1.82, 2.24) is 4.98 Å². The lowest BCUT2D eigenvalue weighted by Gasteiger charge is -1.99. The van der Waals surface area contributed by atoms with Crippen LogP contribution in [0.3, 0.4) is 0 Å². The molecule has 7 heteroatoms. The van der Waals surface area contributed by atoms with E-state index in [1.54, 1.807) is 0 Å². The van der Waals surface area contributed by atoms with Crippen molar-refractivity contribution in [2.75, 3.05) is 6.26 Å². The Morgan fingerprint density at radius 2 is 2.14 bits per heavy atom. The molecular formula is C7H6FNO4S. The molecule has 0 saturated heterocycles. The predicted octanol–water partition coefficient (Wildman–Crippen LogP) is 0.322. The Labute approximate surface area is 79.1 Å². The van der Waals surface area contributed by atoms with Gasteiger partial charge in [-0.2, -0.15) is 0 Å². The monoisotopic (exact) mass is 219 g/mol. The van der Waals surface area contributed by atoms with Gasteiger partial charge in [0.2, 0.25) is 0 Å². The zero-order valence-electron chi connectivity index (χ0n) is 7.06. The van der Waals surface area contributed by atoms with Crippen LogP contribution in [0.25, 0.3) is 0 Å². The summed E-state index contributed by atoms with van der Waals surface area (Å²) in [7, 11) is -3.56. The van der Waals surface area contributed by atoms with Gasteiger partial charge in [-0.15, -0.1) is 0 Å². The summed E-state index contributed by atoms with van der Waals surface area (Å²) in [4.78, 5) is 13.2. The highest BCUT2D eigenvalue weighted by Gasteiger charge is 2.16. The van der Waals surface area contributed by atoms with Gasteiger partial charge in [0, 0.05) is 12.5 Å². The summed E-state index contributed by atoms with van der Waals surface area (Å²) in [6.07, 6.45) is 1.69. The average molecular weight is 219 g/mol. The van der Waals surface area contributed by atoms with E-state index in [2.05, 4.69) is 4.98 Å². The van der Waals surface area contributed by atoms with Crippen LogP contribution in [0.4, 0.5) is 4.39 Å². The Morgan fingerprint density at radius 1 is 1.57 bits per heavy atom. The van der Waals surface area contributed by atoms with Gasteiger partial charge in [0.15, 0.2) is 21.3 Å². The predicted molar refractivity (Wildman–Crippen MR) is 44.3 cm³/mol. The number of aromatic nitrogens is 1. The molecule has 0 radical (unpaired) electrons.